The lowest BCUT2D eigenvalue weighted by Gasteiger charge is -2.19. The van der Waals surface area contributed by atoms with Crippen molar-refractivity contribution in [3.05, 3.63) is 23.5 Å². The number of anilines is 1. The number of ether oxygens (including phenoxy) is 1. The van der Waals surface area contributed by atoms with Crippen LogP contribution in [0.25, 0.3) is 0 Å². The van der Waals surface area contributed by atoms with Crippen LogP contribution in [0.4, 0.5) is 10.5 Å². The molecule has 1 heterocycles. The second kappa shape index (κ2) is 6.88. The third kappa shape index (κ3) is 5.26. The number of pyridine rings is 1. The molecular formula is C14H21N3O3. The number of alkyl carbamates (subject to hydrolysis) is 1. The van der Waals surface area contributed by atoms with Gasteiger partial charge in [-0.25, -0.2) is 4.79 Å². The van der Waals surface area contributed by atoms with E-state index < -0.39 is 11.7 Å². The zero-order chi connectivity index (χ0) is 15.2. The maximum absolute atomic E-state index is 11.4. The van der Waals surface area contributed by atoms with Crippen LogP contribution in [0.3, 0.4) is 0 Å². The van der Waals surface area contributed by atoms with Gasteiger partial charge in [-0.1, -0.05) is 0 Å². The molecule has 3 N–H and O–H groups in total. The Morgan fingerprint density at radius 1 is 1.45 bits per heavy atom. The lowest BCUT2D eigenvalue weighted by molar-refractivity contribution is 0.0527. The number of hydrogen-bond acceptors (Lipinski definition) is 5. The highest BCUT2D eigenvalue weighted by molar-refractivity contribution is 5.83. The van der Waals surface area contributed by atoms with Crippen LogP contribution in [0.2, 0.25) is 0 Å². The number of carbonyl (C=O) groups is 2. The predicted octanol–water partition coefficient (Wildman–Crippen LogP) is 1.93. The van der Waals surface area contributed by atoms with Crippen LogP contribution in [0.15, 0.2) is 12.4 Å². The van der Waals surface area contributed by atoms with Gasteiger partial charge in [-0.15, -0.1) is 0 Å². The van der Waals surface area contributed by atoms with Gasteiger partial charge < -0.3 is 15.8 Å². The number of rotatable bonds is 5. The largest absolute Gasteiger partial charge is 0.444 e. The van der Waals surface area contributed by atoms with Gasteiger partial charge in [-0.05, 0) is 39.2 Å². The topological polar surface area (TPSA) is 94.3 Å². The number of aromatic nitrogens is 1. The first kappa shape index (κ1) is 15.9. The number of amides is 1. The number of nitrogen functional groups attached to an aromatic ring is 1. The summed E-state index contributed by atoms with van der Waals surface area (Å²) in [5, 5.41) is 2.67. The highest BCUT2D eigenvalue weighted by atomic mass is 16.6. The molecular weight excluding hydrogens is 258 g/mol. The smallest absolute Gasteiger partial charge is 0.407 e. The Morgan fingerprint density at radius 2 is 2.15 bits per heavy atom. The van der Waals surface area contributed by atoms with Crippen molar-refractivity contribution < 1.29 is 14.3 Å². The molecule has 0 radical (unpaired) electrons. The molecule has 110 valence electrons. The first-order chi connectivity index (χ1) is 9.33. The summed E-state index contributed by atoms with van der Waals surface area (Å²) in [7, 11) is 0. The zero-order valence-electron chi connectivity index (χ0n) is 12.1. The molecule has 0 aliphatic heterocycles. The van der Waals surface area contributed by atoms with Crippen LogP contribution in [-0.4, -0.2) is 29.5 Å². The van der Waals surface area contributed by atoms with Gasteiger partial charge in [-0.3, -0.25) is 9.78 Å². The van der Waals surface area contributed by atoms with Crippen molar-refractivity contribution in [3.63, 3.8) is 0 Å². The monoisotopic (exact) mass is 279 g/mol. The van der Waals surface area contributed by atoms with Gasteiger partial charge in [0.2, 0.25) is 0 Å². The van der Waals surface area contributed by atoms with Crippen LogP contribution < -0.4 is 11.1 Å². The fourth-order valence-electron chi connectivity index (χ4n) is 1.61. The van der Waals surface area contributed by atoms with Gasteiger partial charge in [0.05, 0.1) is 5.56 Å². The highest BCUT2D eigenvalue weighted by Crippen LogP contribution is 2.15. The molecule has 0 saturated carbocycles. The van der Waals surface area contributed by atoms with E-state index in [1.54, 1.807) is 6.20 Å². The Hall–Kier alpha value is -2.11. The van der Waals surface area contributed by atoms with E-state index in [2.05, 4.69) is 10.3 Å². The van der Waals surface area contributed by atoms with E-state index in [1.165, 1.54) is 6.20 Å². The van der Waals surface area contributed by atoms with Crippen LogP contribution in [0.1, 0.15) is 43.1 Å². The van der Waals surface area contributed by atoms with Crippen molar-refractivity contribution in [1.29, 1.82) is 0 Å². The number of nitrogens with one attached hydrogen (secondary N) is 1. The maximum Gasteiger partial charge on any atom is 0.407 e. The predicted molar refractivity (Wildman–Crippen MR) is 76.6 cm³/mol. The molecule has 0 spiro atoms. The molecule has 0 aliphatic rings. The molecule has 20 heavy (non-hydrogen) atoms. The Bertz CT molecular complexity index is 481. The number of nitrogens with two attached hydrogens (primary N) is 1. The molecule has 0 saturated heterocycles. The third-order valence-electron chi connectivity index (χ3n) is 2.52. The van der Waals surface area contributed by atoms with Crippen LogP contribution in [0, 0.1) is 0 Å². The van der Waals surface area contributed by atoms with Gasteiger partial charge in [0, 0.05) is 24.6 Å². The number of carbonyl (C=O) groups excluding carboxylic acids is 2. The molecule has 6 heteroatoms. The first-order valence-electron chi connectivity index (χ1n) is 6.48. The van der Waals surface area contributed by atoms with Gasteiger partial charge >= 0.3 is 6.09 Å². The van der Waals surface area contributed by atoms with E-state index >= 15 is 0 Å². The summed E-state index contributed by atoms with van der Waals surface area (Å²) >= 11 is 0. The summed E-state index contributed by atoms with van der Waals surface area (Å²) in [5.74, 6) is 0. The van der Waals surface area contributed by atoms with Gasteiger partial charge in [-0.2, -0.15) is 0 Å². The van der Waals surface area contributed by atoms with Crippen molar-refractivity contribution in [1.82, 2.24) is 10.3 Å². The van der Waals surface area contributed by atoms with Gasteiger partial charge in [0.15, 0.2) is 6.29 Å². The quantitative estimate of drug-likeness (QED) is 0.634. The van der Waals surface area contributed by atoms with E-state index in [9.17, 15) is 9.59 Å². The molecule has 0 atom stereocenters. The molecule has 1 amide bonds. The van der Waals surface area contributed by atoms with Gasteiger partial charge in [0.25, 0.3) is 0 Å². The molecule has 0 unspecified atom stereocenters. The Kier molecular flexibility index (Phi) is 5.49. The average Bonchev–Trinajstić information content (AvgIpc) is 2.34. The second-order valence-corrected chi connectivity index (χ2v) is 5.45. The Balaban J connectivity index is 2.39. The third-order valence-corrected chi connectivity index (χ3v) is 2.52. The maximum atomic E-state index is 11.4. The van der Waals surface area contributed by atoms with E-state index in [0.29, 0.717) is 36.9 Å². The van der Waals surface area contributed by atoms with Crippen molar-refractivity contribution in [2.75, 3.05) is 12.3 Å². The van der Waals surface area contributed by atoms with Crippen molar-refractivity contribution in [3.8, 4) is 0 Å². The van der Waals surface area contributed by atoms with E-state index in [0.717, 1.165) is 5.56 Å². The summed E-state index contributed by atoms with van der Waals surface area (Å²) in [6.45, 7) is 5.90. The van der Waals surface area contributed by atoms with E-state index in [4.69, 9.17) is 10.5 Å². The number of aryl methyl sites for hydroxylation is 1. The second-order valence-electron chi connectivity index (χ2n) is 5.45. The summed E-state index contributed by atoms with van der Waals surface area (Å²) in [5.41, 5.74) is 6.98. The number of aldehydes is 1. The SMILES string of the molecule is CC(C)(C)OC(=O)NCCCc1cncc(C=O)c1N. The Labute approximate surface area is 118 Å². The lowest BCUT2D eigenvalue weighted by atomic mass is 10.1. The Morgan fingerprint density at radius 3 is 2.75 bits per heavy atom. The summed E-state index contributed by atoms with van der Waals surface area (Å²) in [6.07, 6.45) is 4.64. The number of nitrogens with zero attached hydrogens (tertiary/aromatic N) is 1. The molecule has 0 aromatic carbocycles. The fraction of sp³-hybridized carbons (Fsp3) is 0.500. The van der Waals surface area contributed by atoms with Crippen molar-refractivity contribution in [2.24, 2.45) is 0 Å². The first-order valence-corrected chi connectivity index (χ1v) is 6.48. The summed E-state index contributed by atoms with van der Waals surface area (Å²) in [4.78, 5) is 26.1. The van der Waals surface area contributed by atoms with Crippen LogP contribution >= 0.6 is 0 Å². The molecule has 1 aromatic heterocycles. The molecule has 0 fully saturated rings. The van der Waals surface area contributed by atoms with Crippen molar-refractivity contribution in [2.45, 2.75) is 39.2 Å². The van der Waals surface area contributed by atoms with E-state index in [1.807, 2.05) is 20.8 Å². The average molecular weight is 279 g/mol. The molecule has 0 aliphatic carbocycles. The fourth-order valence-corrected chi connectivity index (χ4v) is 1.61. The van der Waals surface area contributed by atoms with E-state index in [-0.39, 0.29) is 0 Å². The lowest BCUT2D eigenvalue weighted by Crippen LogP contribution is -2.33. The number of hydrogen-bond donors (Lipinski definition) is 2. The molecule has 1 aromatic rings. The highest BCUT2D eigenvalue weighted by Gasteiger charge is 2.15. The van der Waals surface area contributed by atoms with Crippen LogP contribution in [-0.2, 0) is 11.2 Å². The van der Waals surface area contributed by atoms with Gasteiger partial charge in [0.1, 0.15) is 5.60 Å². The molecule has 6 nitrogen and oxygen atoms in total. The standard InChI is InChI=1S/C14H21N3O3/c1-14(2,3)20-13(19)17-6-4-5-10-7-16-8-11(9-18)12(10)15/h7-9H,4-6H2,1-3H3,(H2,15,16)(H,17,19). The molecule has 1 rings (SSSR count). The normalized spacial score (nSPS) is 10.9. The van der Waals surface area contributed by atoms with Crippen LogP contribution in [0.5, 0.6) is 0 Å². The minimum Gasteiger partial charge on any atom is -0.444 e. The minimum atomic E-state index is -0.503. The molecule has 0 bridgehead atoms. The zero-order valence-corrected chi connectivity index (χ0v) is 12.1. The minimum absolute atomic E-state index is 0.391. The summed E-state index contributed by atoms with van der Waals surface area (Å²) < 4.78 is 5.12. The van der Waals surface area contributed by atoms with Crippen molar-refractivity contribution >= 4 is 18.1 Å². The summed E-state index contributed by atoms with van der Waals surface area (Å²) in [6, 6.07) is 0.